The van der Waals surface area contributed by atoms with Gasteiger partial charge >= 0.3 is 0 Å². The molecule has 0 aliphatic heterocycles. The monoisotopic (exact) mass is 225 g/mol. The van der Waals surface area contributed by atoms with Crippen molar-refractivity contribution in [3.8, 4) is 0 Å². The Morgan fingerprint density at radius 3 is 2.60 bits per heavy atom. The van der Waals surface area contributed by atoms with E-state index in [-0.39, 0.29) is 0 Å². The first kappa shape index (κ1) is 13.8. The summed E-state index contributed by atoms with van der Waals surface area (Å²) in [5.41, 5.74) is 2.32. The quantitative estimate of drug-likeness (QED) is 0.289. The van der Waals surface area contributed by atoms with Crippen molar-refractivity contribution in [2.45, 2.75) is 12.8 Å². The average molecular weight is 226 g/mol. The lowest BCUT2D eigenvalue weighted by atomic mass is 10.1. The largest absolute Gasteiger partial charge is 0.301 e. The molecule has 0 fully saturated rings. The van der Waals surface area contributed by atoms with E-state index in [0.717, 1.165) is 25.0 Å². The van der Waals surface area contributed by atoms with Crippen molar-refractivity contribution in [2.24, 2.45) is 15.0 Å². The summed E-state index contributed by atoms with van der Waals surface area (Å²) in [5.74, 6) is 0.596. The maximum Gasteiger partial charge on any atom is 0.153 e. The molecule has 4 heteroatoms. The van der Waals surface area contributed by atoms with Gasteiger partial charge in [0, 0.05) is 24.7 Å². The van der Waals surface area contributed by atoms with E-state index < -0.39 is 0 Å². The van der Waals surface area contributed by atoms with E-state index in [1.54, 1.807) is 13.1 Å². The van der Waals surface area contributed by atoms with Gasteiger partial charge in [-0.05, 0) is 32.4 Å². The lowest BCUT2D eigenvalue weighted by molar-refractivity contribution is 0.859. The molecule has 0 heterocycles. The highest BCUT2D eigenvalue weighted by Crippen LogP contribution is 2.06. The molecule has 0 amide bonds. The number of allylic oxidation sites excluding steroid dienone is 1. The molecular formula is C11H16ClN3. The van der Waals surface area contributed by atoms with E-state index in [9.17, 15) is 0 Å². The summed E-state index contributed by atoms with van der Waals surface area (Å²) in [6, 6.07) is 0. The van der Waals surface area contributed by atoms with Crippen molar-refractivity contribution in [3.63, 3.8) is 0 Å². The highest BCUT2D eigenvalue weighted by molar-refractivity contribution is 6.26. The fourth-order valence-electron chi connectivity index (χ4n) is 1.05. The van der Waals surface area contributed by atoms with Crippen LogP contribution in [-0.2, 0) is 0 Å². The zero-order chi connectivity index (χ0) is 11.5. The number of rotatable bonds is 6. The minimum atomic E-state index is 0.596. The number of hydrogen-bond donors (Lipinski definition) is 0. The number of aliphatic imine (C=N–C) groups is 3. The molecule has 0 aliphatic rings. The highest BCUT2D eigenvalue weighted by Gasteiger charge is 1.99. The van der Waals surface area contributed by atoms with Crippen LogP contribution in [0.3, 0.4) is 0 Å². The molecule has 0 aromatic heterocycles. The molecule has 0 aromatic carbocycles. The van der Waals surface area contributed by atoms with Gasteiger partial charge in [-0.15, -0.1) is 0 Å². The second-order valence-corrected chi connectivity index (χ2v) is 3.00. The molecule has 0 aromatic rings. The highest BCUT2D eigenvalue weighted by atomic mass is 35.5. The number of halogens is 1. The Bertz CT molecular complexity index is 290. The Balaban J connectivity index is 4.50. The first-order valence-electron chi connectivity index (χ1n) is 4.63. The van der Waals surface area contributed by atoms with Gasteiger partial charge in [-0.2, -0.15) is 0 Å². The minimum Gasteiger partial charge on any atom is -0.301 e. The van der Waals surface area contributed by atoms with Crippen LogP contribution in [-0.4, -0.2) is 32.9 Å². The van der Waals surface area contributed by atoms with Crippen molar-refractivity contribution in [1.29, 1.82) is 0 Å². The van der Waals surface area contributed by atoms with Gasteiger partial charge in [0.05, 0.1) is 0 Å². The zero-order valence-electron chi connectivity index (χ0n) is 8.99. The van der Waals surface area contributed by atoms with Crippen LogP contribution < -0.4 is 0 Å². The molecule has 0 aliphatic carbocycles. The lowest BCUT2D eigenvalue weighted by Gasteiger charge is -2.00. The Morgan fingerprint density at radius 2 is 2.13 bits per heavy atom. The second kappa shape index (κ2) is 9.34. The summed E-state index contributed by atoms with van der Waals surface area (Å²) in [6.45, 7) is 7.63. The number of unbranched alkanes of at least 4 members (excludes halogenated alkanes) is 1. The molecule has 82 valence electrons. The van der Waals surface area contributed by atoms with E-state index >= 15 is 0 Å². The van der Waals surface area contributed by atoms with Gasteiger partial charge in [-0.25, -0.2) is 4.99 Å². The Hall–Kier alpha value is -1.22. The van der Waals surface area contributed by atoms with Gasteiger partial charge in [0.15, 0.2) is 5.84 Å². The van der Waals surface area contributed by atoms with Gasteiger partial charge in [-0.1, -0.05) is 17.7 Å². The van der Waals surface area contributed by atoms with Crippen molar-refractivity contribution >= 4 is 30.9 Å². The van der Waals surface area contributed by atoms with E-state index in [2.05, 4.69) is 28.4 Å². The van der Waals surface area contributed by atoms with Crippen LogP contribution in [0.15, 0.2) is 38.2 Å². The van der Waals surface area contributed by atoms with Crippen LogP contribution in [0.4, 0.5) is 0 Å². The summed E-state index contributed by atoms with van der Waals surface area (Å²) < 4.78 is 0. The van der Waals surface area contributed by atoms with Crippen LogP contribution in [0.5, 0.6) is 0 Å². The van der Waals surface area contributed by atoms with Crippen LogP contribution in [0.1, 0.15) is 12.8 Å². The van der Waals surface area contributed by atoms with Crippen LogP contribution in [0.25, 0.3) is 0 Å². The summed E-state index contributed by atoms with van der Waals surface area (Å²) in [4.78, 5) is 11.6. The molecule has 0 N–H and O–H groups in total. The Labute approximate surface area is 96.0 Å². The molecule has 0 atom stereocenters. The molecule has 15 heavy (non-hydrogen) atoms. The maximum atomic E-state index is 5.53. The fourth-order valence-corrected chi connectivity index (χ4v) is 1.19. The van der Waals surface area contributed by atoms with E-state index in [0.29, 0.717) is 5.84 Å². The number of nitrogens with zero attached hydrogens (tertiary/aromatic N) is 3. The first-order valence-corrected chi connectivity index (χ1v) is 5.07. The van der Waals surface area contributed by atoms with Crippen molar-refractivity contribution < 1.29 is 0 Å². The lowest BCUT2D eigenvalue weighted by Crippen LogP contribution is -1.96. The Kier molecular flexibility index (Phi) is 8.58. The van der Waals surface area contributed by atoms with Crippen molar-refractivity contribution in [1.82, 2.24) is 0 Å². The first-order chi connectivity index (χ1) is 7.29. The molecule has 0 unspecified atom stereocenters. The van der Waals surface area contributed by atoms with Gasteiger partial charge in [0.2, 0.25) is 0 Å². The van der Waals surface area contributed by atoms with Crippen molar-refractivity contribution in [3.05, 3.63) is 23.3 Å². The molecule has 0 saturated carbocycles. The summed E-state index contributed by atoms with van der Waals surface area (Å²) >= 11 is 5.53. The average Bonchev–Trinajstić information content (AvgIpc) is 2.26. The fraction of sp³-hybridized carbons (Fsp3) is 0.364. The zero-order valence-corrected chi connectivity index (χ0v) is 9.74. The molecule has 0 bridgehead atoms. The van der Waals surface area contributed by atoms with E-state index in [1.807, 2.05) is 6.08 Å². The molecule has 3 nitrogen and oxygen atoms in total. The molecule has 0 radical (unpaired) electrons. The van der Waals surface area contributed by atoms with Gasteiger partial charge < -0.3 is 4.99 Å². The van der Waals surface area contributed by atoms with Crippen LogP contribution >= 0.6 is 11.6 Å². The smallest absolute Gasteiger partial charge is 0.153 e. The molecule has 0 spiro atoms. The second-order valence-electron chi connectivity index (χ2n) is 2.75. The van der Waals surface area contributed by atoms with Gasteiger partial charge in [0.1, 0.15) is 0 Å². The summed E-state index contributed by atoms with van der Waals surface area (Å²) in [5, 5.41) is 0. The third kappa shape index (κ3) is 5.96. The summed E-state index contributed by atoms with van der Waals surface area (Å²) in [6.07, 6.45) is 5.61. The SMILES string of the molecule is C=NCCC/C=C(/C=C/Cl)C(\N=C)=N/C. The minimum absolute atomic E-state index is 0.596. The van der Waals surface area contributed by atoms with Gasteiger partial charge in [-0.3, -0.25) is 4.99 Å². The van der Waals surface area contributed by atoms with E-state index in [4.69, 9.17) is 11.6 Å². The Morgan fingerprint density at radius 1 is 1.40 bits per heavy atom. The maximum absolute atomic E-state index is 5.53. The van der Waals surface area contributed by atoms with E-state index in [1.165, 1.54) is 5.54 Å². The third-order valence-electron chi connectivity index (χ3n) is 1.75. The summed E-state index contributed by atoms with van der Waals surface area (Å²) in [7, 11) is 1.67. The molecule has 0 saturated heterocycles. The molecule has 0 rings (SSSR count). The third-order valence-corrected chi connectivity index (χ3v) is 1.87. The topological polar surface area (TPSA) is 37.1 Å². The van der Waals surface area contributed by atoms with Gasteiger partial charge in [0.25, 0.3) is 0 Å². The predicted molar refractivity (Wildman–Crippen MR) is 69.6 cm³/mol. The predicted octanol–water partition coefficient (Wildman–Crippen LogP) is 2.88. The van der Waals surface area contributed by atoms with Crippen molar-refractivity contribution in [2.75, 3.05) is 13.6 Å². The van der Waals surface area contributed by atoms with Crippen LogP contribution in [0.2, 0.25) is 0 Å². The standard InChI is InChI=1S/C11H16ClN3/c1-13-9-5-4-6-10(7-8-12)11(14-2)15-3/h6-8H,1-2,4-5,9H2,3H3/b8-7+,10-6-,15-11+. The van der Waals surface area contributed by atoms with Crippen LogP contribution in [0, 0.1) is 0 Å². The number of amidine groups is 1. The molecular weight excluding hydrogens is 210 g/mol. The number of hydrogen-bond acceptors (Lipinski definition) is 2. The normalized spacial score (nSPS) is 13.2.